The highest BCUT2D eigenvalue weighted by molar-refractivity contribution is 7.89. The summed E-state index contributed by atoms with van der Waals surface area (Å²) in [5.41, 5.74) is 2.91. The van der Waals surface area contributed by atoms with Gasteiger partial charge in [-0.2, -0.15) is 4.31 Å². The molecule has 1 atom stereocenters. The number of rotatable bonds is 7. The molecule has 1 saturated heterocycles. The van der Waals surface area contributed by atoms with Crippen LogP contribution in [0.2, 0.25) is 0 Å². The Morgan fingerprint density at radius 3 is 2.41 bits per heavy atom. The molecule has 0 aliphatic carbocycles. The monoisotopic (exact) mass is 487 g/mol. The summed E-state index contributed by atoms with van der Waals surface area (Å²) in [6, 6.07) is 10.4. The van der Waals surface area contributed by atoms with Gasteiger partial charge in [-0.05, 0) is 63.3 Å². The summed E-state index contributed by atoms with van der Waals surface area (Å²) in [6.07, 6.45) is 2.86. The van der Waals surface area contributed by atoms with Crippen molar-refractivity contribution < 1.29 is 22.7 Å². The van der Waals surface area contributed by atoms with Gasteiger partial charge in [0.2, 0.25) is 10.0 Å². The minimum absolute atomic E-state index is 0.195. The summed E-state index contributed by atoms with van der Waals surface area (Å²) >= 11 is 0. The highest BCUT2D eigenvalue weighted by Crippen LogP contribution is 2.31. The lowest BCUT2D eigenvalue weighted by atomic mass is 10.0. The van der Waals surface area contributed by atoms with Crippen molar-refractivity contribution in [2.75, 3.05) is 25.5 Å². The number of methoxy groups -OCH3 is 1. The van der Waals surface area contributed by atoms with Gasteiger partial charge in [-0.3, -0.25) is 9.59 Å². The second-order valence-corrected chi connectivity index (χ2v) is 10.5. The number of sulfonamides is 1. The molecule has 2 aromatic carbocycles. The molecular weight excluding hydrogens is 454 g/mol. The Morgan fingerprint density at radius 2 is 1.74 bits per heavy atom. The Bertz CT molecular complexity index is 1140. The van der Waals surface area contributed by atoms with E-state index in [1.807, 2.05) is 32.9 Å². The zero-order chi connectivity index (χ0) is 24.9. The van der Waals surface area contributed by atoms with Crippen molar-refractivity contribution in [1.82, 2.24) is 9.62 Å². The molecule has 3 rings (SSSR count). The zero-order valence-corrected chi connectivity index (χ0v) is 21.0. The van der Waals surface area contributed by atoms with Crippen LogP contribution in [0.25, 0.3) is 0 Å². The van der Waals surface area contributed by atoms with Crippen LogP contribution in [-0.2, 0) is 19.6 Å². The van der Waals surface area contributed by atoms with Crippen molar-refractivity contribution in [3.63, 3.8) is 0 Å². The molecule has 184 valence electrons. The first kappa shape index (κ1) is 25.7. The van der Waals surface area contributed by atoms with Crippen molar-refractivity contribution in [1.29, 1.82) is 0 Å². The fourth-order valence-corrected chi connectivity index (χ4v) is 6.77. The lowest BCUT2D eigenvalue weighted by molar-refractivity contribution is -0.136. The van der Waals surface area contributed by atoms with Crippen molar-refractivity contribution in [2.45, 2.75) is 57.4 Å². The number of nitrogens with one attached hydrogen (secondary N) is 2. The van der Waals surface area contributed by atoms with E-state index in [0.717, 1.165) is 29.5 Å². The van der Waals surface area contributed by atoms with Gasteiger partial charge >= 0.3 is 11.8 Å². The molecule has 34 heavy (non-hydrogen) atoms. The molecule has 8 nitrogen and oxygen atoms in total. The van der Waals surface area contributed by atoms with E-state index in [1.165, 1.54) is 7.11 Å². The van der Waals surface area contributed by atoms with E-state index in [1.54, 1.807) is 28.6 Å². The number of piperidine rings is 1. The molecule has 0 spiro atoms. The number of amides is 2. The van der Waals surface area contributed by atoms with E-state index >= 15 is 0 Å². The number of anilines is 1. The maximum absolute atomic E-state index is 13.6. The highest BCUT2D eigenvalue weighted by Gasteiger charge is 2.35. The first-order valence-corrected chi connectivity index (χ1v) is 12.9. The van der Waals surface area contributed by atoms with Gasteiger partial charge in [0.1, 0.15) is 5.75 Å². The van der Waals surface area contributed by atoms with Crippen LogP contribution in [0.3, 0.4) is 0 Å². The van der Waals surface area contributed by atoms with Gasteiger partial charge in [-0.1, -0.05) is 36.2 Å². The van der Waals surface area contributed by atoms with Crippen molar-refractivity contribution in [2.24, 2.45) is 0 Å². The van der Waals surface area contributed by atoms with Crippen LogP contribution < -0.4 is 15.4 Å². The molecular formula is C25H33N3O5S. The summed E-state index contributed by atoms with van der Waals surface area (Å²) in [7, 11) is -2.20. The van der Waals surface area contributed by atoms with E-state index in [4.69, 9.17) is 4.74 Å². The van der Waals surface area contributed by atoms with E-state index < -0.39 is 21.8 Å². The van der Waals surface area contributed by atoms with E-state index in [0.29, 0.717) is 35.7 Å². The van der Waals surface area contributed by atoms with Crippen LogP contribution in [0.4, 0.5) is 5.69 Å². The number of nitrogens with zero attached hydrogens (tertiary/aromatic N) is 1. The van der Waals surface area contributed by atoms with Crippen LogP contribution in [-0.4, -0.2) is 50.8 Å². The minimum Gasteiger partial charge on any atom is -0.495 e. The van der Waals surface area contributed by atoms with E-state index in [9.17, 15) is 18.0 Å². The third-order valence-corrected chi connectivity index (χ3v) is 8.33. The standard InChI is InChI=1S/C25H33N3O5S/c1-17-15-18(2)23(19(3)16-17)34(31,32)28-14-8-7-9-20(28)12-13-26-24(29)25(30)27-21-10-5-6-11-22(21)33-4/h5-6,10-11,15-16,20H,7-9,12-14H2,1-4H3,(H,26,29)(H,27,30). The topological polar surface area (TPSA) is 105 Å². The number of benzene rings is 2. The number of ether oxygens (including phenoxy) is 1. The number of para-hydroxylation sites is 2. The van der Waals surface area contributed by atoms with Crippen molar-refractivity contribution >= 4 is 27.5 Å². The summed E-state index contributed by atoms with van der Waals surface area (Å²) in [5.74, 6) is -1.13. The molecule has 1 aliphatic heterocycles. The number of carbonyl (C=O) groups excluding carboxylic acids is 2. The normalized spacial score (nSPS) is 16.6. The lowest BCUT2D eigenvalue weighted by Gasteiger charge is -2.35. The molecule has 2 aromatic rings. The summed E-state index contributed by atoms with van der Waals surface area (Å²) in [5, 5.41) is 5.16. The van der Waals surface area contributed by atoms with Crippen LogP contribution >= 0.6 is 0 Å². The Balaban J connectivity index is 1.64. The van der Waals surface area contributed by atoms with Gasteiger partial charge < -0.3 is 15.4 Å². The van der Waals surface area contributed by atoms with Gasteiger partial charge in [-0.15, -0.1) is 0 Å². The summed E-state index contributed by atoms with van der Waals surface area (Å²) in [6.45, 7) is 6.24. The summed E-state index contributed by atoms with van der Waals surface area (Å²) < 4.78 is 33.9. The maximum Gasteiger partial charge on any atom is 0.313 e. The SMILES string of the molecule is COc1ccccc1NC(=O)C(=O)NCCC1CCCCN1S(=O)(=O)c1c(C)cc(C)cc1C. The molecule has 9 heteroatoms. The molecule has 0 saturated carbocycles. The van der Waals surface area contributed by atoms with Crippen LogP contribution in [0.15, 0.2) is 41.3 Å². The molecule has 2 amide bonds. The average molecular weight is 488 g/mol. The predicted molar refractivity (Wildman–Crippen MR) is 131 cm³/mol. The van der Waals surface area contributed by atoms with E-state index in [2.05, 4.69) is 10.6 Å². The molecule has 2 N–H and O–H groups in total. The molecule has 0 radical (unpaired) electrons. The van der Waals surface area contributed by atoms with Crippen LogP contribution in [0.1, 0.15) is 42.4 Å². The molecule has 0 aromatic heterocycles. The van der Waals surface area contributed by atoms with Gasteiger partial charge in [-0.25, -0.2) is 8.42 Å². The second kappa shape index (κ2) is 11.0. The molecule has 1 unspecified atom stereocenters. The molecule has 1 heterocycles. The first-order valence-electron chi connectivity index (χ1n) is 11.5. The number of carbonyl (C=O) groups is 2. The van der Waals surface area contributed by atoms with Gasteiger partial charge in [0.05, 0.1) is 17.7 Å². The number of hydrogen-bond acceptors (Lipinski definition) is 5. The molecule has 1 aliphatic rings. The van der Waals surface area contributed by atoms with Crippen molar-refractivity contribution in [3.05, 3.63) is 53.1 Å². The highest BCUT2D eigenvalue weighted by atomic mass is 32.2. The Kier molecular flexibility index (Phi) is 8.33. The smallest absolute Gasteiger partial charge is 0.313 e. The summed E-state index contributed by atoms with van der Waals surface area (Å²) in [4.78, 5) is 25.0. The second-order valence-electron chi connectivity index (χ2n) is 8.69. The largest absolute Gasteiger partial charge is 0.495 e. The fraction of sp³-hybridized carbons (Fsp3) is 0.440. The number of aryl methyl sites for hydroxylation is 3. The molecule has 0 bridgehead atoms. The van der Waals surface area contributed by atoms with Gasteiger partial charge in [0, 0.05) is 19.1 Å². The predicted octanol–water partition coefficient (Wildman–Crippen LogP) is 3.31. The fourth-order valence-electron chi connectivity index (χ4n) is 4.63. The minimum atomic E-state index is -3.68. The Morgan fingerprint density at radius 1 is 1.06 bits per heavy atom. The van der Waals surface area contributed by atoms with Crippen LogP contribution in [0.5, 0.6) is 5.75 Å². The zero-order valence-electron chi connectivity index (χ0n) is 20.2. The van der Waals surface area contributed by atoms with Crippen molar-refractivity contribution in [3.8, 4) is 5.75 Å². The van der Waals surface area contributed by atoms with Gasteiger partial charge in [0.15, 0.2) is 0 Å². The van der Waals surface area contributed by atoms with E-state index in [-0.39, 0.29) is 12.6 Å². The Hall–Kier alpha value is -2.91. The third-order valence-electron chi connectivity index (χ3n) is 6.07. The average Bonchev–Trinajstić information content (AvgIpc) is 2.78. The first-order chi connectivity index (χ1) is 16.1. The molecule has 1 fully saturated rings. The Labute approximate surface area is 201 Å². The third kappa shape index (κ3) is 5.77. The van der Waals surface area contributed by atoms with Gasteiger partial charge in [0.25, 0.3) is 0 Å². The quantitative estimate of drug-likeness (QED) is 0.583. The maximum atomic E-state index is 13.6. The lowest BCUT2D eigenvalue weighted by Crippen LogP contribution is -2.46. The van der Waals surface area contributed by atoms with Crippen LogP contribution in [0, 0.1) is 20.8 Å². The number of hydrogen-bond donors (Lipinski definition) is 2.